The summed E-state index contributed by atoms with van der Waals surface area (Å²) < 4.78 is 1.73. The number of pyridine rings is 1. The summed E-state index contributed by atoms with van der Waals surface area (Å²) in [5, 5.41) is 8.70. The quantitative estimate of drug-likeness (QED) is 0.695. The van der Waals surface area contributed by atoms with Gasteiger partial charge in [-0.05, 0) is 6.07 Å². The van der Waals surface area contributed by atoms with Crippen molar-refractivity contribution in [2.75, 3.05) is 0 Å². The third-order valence-corrected chi connectivity index (χ3v) is 1.83. The molecule has 0 fully saturated rings. The number of aromatic carboxylic acids is 1. The van der Waals surface area contributed by atoms with E-state index < -0.39 is 5.97 Å². The molecule has 0 saturated heterocycles. The van der Waals surface area contributed by atoms with Crippen LogP contribution in [0.15, 0.2) is 18.6 Å². The molecule has 5 nitrogen and oxygen atoms in total. The minimum Gasteiger partial charge on any atom is -0.478 e. The van der Waals surface area contributed by atoms with Crippen LogP contribution in [0.2, 0.25) is 0 Å². The van der Waals surface area contributed by atoms with Crippen LogP contribution in [0.3, 0.4) is 0 Å². The topological polar surface area (TPSA) is 68.0 Å². The highest BCUT2D eigenvalue weighted by Crippen LogP contribution is 2.10. The van der Waals surface area contributed by atoms with Crippen molar-refractivity contribution in [1.29, 1.82) is 0 Å². The molecule has 0 radical (unpaired) electrons. The lowest BCUT2D eigenvalue weighted by atomic mass is 10.3. The van der Waals surface area contributed by atoms with Crippen LogP contribution in [0.4, 0.5) is 0 Å². The number of hydrogen-bond donors (Lipinski definition) is 1. The van der Waals surface area contributed by atoms with Crippen LogP contribution in [0, 0.1) is 0 Å². The number of hydrogen-bond acceptors (Lipinski definition) is 3. The first-order valence-corrected chi connectivity index (χ1v) is 3.69. The van der Waals surface area contributed by atoms with Gasteiger partial charge in [0, 0.05) is 13.2 Å². The van der Waals surface area contributed by atoms with E-state index in [1.807, 2.05) is 0 Å². The molecule has 2 aromatic rings. The Kier molecular flexibility index (Phi) is 1.51. The number of imidazole rings is 1. The van der Waals surface area contributed by atoms with Gasteiger partial charge in [-0.15, -0.1) is 0 Å². The van der Waals surface area contributed by atoms with Crippen LogP contribution < -0.4 is 0 Å². The third-order valence-electron chi connectivity index (χ3n) is 1.83. The van der Waals surface area contributed by atoms with E-state index in [2.05, 4.69) is 9.97 Å². The number of rotatable bonds is 1. The molecule has 66 valence electrons. The van der Waals surface area contributed by atoms with E-state index in [0.717, 1.165) is 5.52 Å². The smallest absolute Gasteiger partial charge is 0.337 e. The summed E-state index contributed by atoms with van der Waals surface area (Å²) in [6, 6.07) is 1.55. The molecule has 1 N–H and O–H groups in total. The first-order valence-electron chi connectivity index (χ1n) is 3.69. The number of carbonyl (C=O) groups is 1. The Bertz CT molecular complexity index is 475. The Morgan fingerprint density at radius 1 is 1.54 bits per heavy atom. The van der Waals surface area contributed by atoms with Gasteiger partial charge in [0.25, 0.3) is 0 Å². The van der Waals surface area contributed by atoms with Gasteiger partial charge in [0.05, 0.1) is 17.4 Å². The van der Waals surface area contributed by atoms with Crippen LogP contribution in [-0.2, 0) is 7.05 Å². The van der Waals surface area contributed by atoms with Gasteiger partial charge in [-0.3, -0.25) is 0 Å². The van der Waals surface area contributed by atoms with E-state index >= 15 is 0 Å². The zero-order valence-corrected chi connectivity index (χ0v) is 6.93. The number of aromatic nitrogens is 3. The Morgan fingerprint density at radius 3 is 3.00 bits per heavy atom. The van der Waals surface area contributed by atoms with Gasteiger partial charge < -0.3 is 9.67 Å². The Morgan fingerprint density at radius 2 is 2.31 bits per heavy atom. The van der Waals surface area contributed by atoms with Crippen molar-refractivity contribution in [3.05, 3.63) is 24.2 Å². The zero-order chi connectivity index (χ0) is 9.42. The molecule has 2 heterocycles. The lowest BCUT2D eigenvalue weighted by Gasteiger charge is -1.95. The lowest BCUT2D eigenvalue weighted by molar-refractivity contribution is 0.0696. The van der Waals surface area contributed by atoms with Crippen molar-refractivity contribution in [2.24, 2.45) is 7.05 Å². The van der Waals surface area contributed by atoms with Crippen molar-refractivity contribution in [3.63, 3.8) is 0 Å². The Labute approximate surface area is 73.7 Å². The molecule has 0 aromatic carbocycles. The molecule has 13 heavy (non-hydrogen) atoms. The van der Waals surface area contributed by atoms with E-state index in [1.54, 1.807) is 24.0 Å². The van der Waals surface area contributed by atoms with E-state index in [0.29, 0.717) is 5.65 Å². The van der Waals surface area contributed by atoms with Crippen LogP contribution in [0.5, 0.6) is 0 Å². The highest BCUT2D eigenvalue weighted by Gasteiger charge is 2.06. The summed E-state index contributed by atoms with van der Waals surface area (Å²) in [5.74, 6) is -0.976. The normalized spacial score (nSPS) is 10.5. The Hall–Kier alpha value is -1.91. The first kappa shape index (κ1) is 7.72. The monoisotopic (exact) mass is 177 g/mol. The minimum atomic E-state index is -0.976. The average Bonchev–Trinajstić information content (AvgIpc) is 2.47. The summed E-state index contributed by atoms with van der Waals surface area (Å²) in [6.45, 7) is 0. The molecule has 2 aromatic heterocycles. The highest BCUT2D eigenvalue weighted by atomic mass is 16.4. The maximum Gasteiger partial charge on any atom is 0.337 e. The number of aryl methyl sites for hydroxylation is 1. The van der Waals surface area contributed by atoms with Crippen LogP contribution in [0.25, 0.3) is 11.2 Å². The zero-order valence-electron chi connectivity index (χ0n) is 6.93. The molecule has 0 unspecified atom stereocenters. The van der Waals surface area contributed by atoms with Gasteiger partial charge >= 0.3 is 5.97 Å². The molecule has 5 heteroatoms. The van der Waals surface area contributed by atoms with Gasteiger partial charge in [0.15, 0.2) is 5.65 Å². The van der Waals surface area contributed by atoms with Crippen molar-refractivity contribution in [2.45, 2.75) is 0 Å². The first-order chi connectivity index (χ1) is 6.18. The summed E-state index contributed by atoms with van der Waals surface area (Å²) in [7, 11) is 1.79. The van der Waals surface area contributed by atoms with Gasteiger partial charge in [-0.1, -0.05) is 0 Å². The second-order valence-corrected chi connectivity index (χ2v) is 2.73. The van der Waals surface area contributed by atoms with E-state index in [-0.39, 0.29) is 5.56 Å². The van der Waals surface area contributed by atoms with E-state index in [1.165, 1.54) is 6.20 Å². The predicted octanol–water partition coefficient (Wildman–Crippen LogP) is 0.666. The fourth-order valence-corrected chi connectivity index (χ4v) is 1.13. The highest BCUT2D eigenvalue weighted by molar-refractivity contribution is 5.90. The Balaban J connectivity index is 2.72. The molecular weight excluding hydrogens is 170 g/mol. The van der Waals surface area contributed by atoms with Gasteiger partial charge in [0.2, 0.25) is 0 Å². The van der Waals surface area contributed by atoms with Crippen LogP contribution >= 0.6 is 0 Å². The van der Waals surface area contributed by atoms with Crippen molar-refractivity contribution >= 4 is 17.1 Å². The minimum absolute atomic E-state index is 0.177. The largest absolute Gasteiger partial charge is 0.478 e. The lowest BCUT2D eigenvalue weighted by Crippen LogP contribution is -1.97. The molecule has 0 aliphatic heterocycles. The second-order valence-electron chi connectivity index (χ2n) is 2.73. The van der Waals surface area contributed by atoms with Crippen LogP contribution in [0.1, 0.15) is 10.4 Å². The number of carboxylic acid groups (broad SMARTS) is 1. The maximum absolute atomic E-state index is 10.6. The van der Waals surface area contributed by atoms with Crippen molar-refractivity contribution in [3.8, 4) is 0 Å². The van der Waals surface area contributed by atoms with Gasteiger partial charge in [-0.2, -0.15) is 0 Å². The number of nitrogens with zero attached hydrogens (tertiary/aromatic N) is 3. The van der Waals surface area contributed by atoms with Crippen LogP contribution in [-0.4, -0.2) is 25.6 Å². The summed E-state index contributed by atoms with van der Waals surface area (Å²) in [6.07, 6.45) is 2.90. The molecule has 0 saturated carbocycles. The van der Waals surface area contributed by atoms with Gasteiger partial charge in [0.1, 0.15) is 0 Å². The molecule has 0 atom stereocenters. The van der Waals surface area contributed by atoms with E-state index in [9.17, 15) is 4.79 Å². The fraction of sp³-hybridized carbons (Fsp3) is 0.125. The molecular formula is C8H7N3O2. The molecule has 2 rings (SSSR count). The predicted molar refractivity (Wildman–Crippen MR) is 45.5 cm³/mol. The number of carboxylic acids is 1. The molecule has 0 bridgehead atoms. The SMILES string of the molecule is Cn1cnc2ncc(C(=O)O)cc21. The summed E-state index contributed by atoms with van der Waals surface area (Å²) in [5.41, 5.74) is 1.46. The maximum atomic E-state index is 10.6. The van der Waals surface area contributed by atoms with E-state index in [4.69, 9.17) is 5.11 Å². The summed E-state index contributed by atoms with van der Waals surface area (Å²) >= 11 is 0. The summed E-state index contributed by atoms with van der Waals surface area (Å²) in [4.78, 5) is 18.5. The number of fused-ring (bicyclic) bond motifs is 1. The van der Waals surface area contributed by atoms with Crippen molar-refractivity contribution < 1.29 is 9.90 Å². The third kappa shape index (κ3) is 1.14. The molecule has 0 aliphatic rings. The average molecular weight is 177 g/mol. The fourth-order valence-electron chi connectivity index (χ4n) is 1.13. The second kappa shape index (κ2) is 2.55. The molecule has 0 amide bonds. The standard InChI is InChI=1S/C8H7N3O2/c1-11-4-10-7-6(11)2-5(3-9-7)8(12)13/h2-4H,1H3,(H,12,13). The molecule has 0 aliphatic carbocycles. The van der Waals surface area contributed by atoms with Crippen molar-refractivity contribution in [1.82, 2.24) is 14.5 Å². The van der Waals surface area contributed by atoms with Gasteiger partial charge in [-0.25, -0.2) is 14.8 Å². The molecule has 0 spiro atoms.